The summed E-state index contributed by atoms with van der Waals surface area (Å²) in [4.78, 5) is 32.3. The largest absolute Gasteiger partial charge is 0.443 e. The van der Waals surface area contributed by atoms with Gasteiger partial charge in [-0.25, -0.2) is 9.78 Å². The van der Waals surface area contributed by atoms with Crippen molar-refractivity contribution in [2.75, 3.05) is 18.0 Å². The lowest BCUT2D eigenvalue weighted by molar-refractivity contribution is -0.129. The van der Waals surface area contributed by atoms with Gasteiger partial charge in [0.25, 0.3) is 0 Å². The molecule has 26 heavy (non-hydrogen) atoms. The van der Waals surface area contributed by atoms with E-state index in [1.165, 1.54) is 0 Å². The van der Waals surface area contributed by atoms with Gasteiger partial charge in [0.15, 0.2) is 0 Å². The molecule has 1 aliphatic heterocycles. The molecule has 1 aromatic heterocycles. The molecule has 1 aromatic rings. The Bertz CT molecular complexity index is 622. The van der Waals surface area contributed by atoms with E-state index in [1.807, 2.05) is 37.8 Å². The second-order valence-electron chi connectivity index (χ2n) is 7.81. The molecule has 6 nitrogen and oxygen atoms in total. The molecular formula is C20H31N3O3. The predicted molar refractivity (Wildman–Crippen MR) is 102 cm³/mol. The number of carbonyl (C=O) groups is 2. The Morgan fingerprint density at radius 3 is 2.62 bits per heavy atom. The third-order valence-corrected chi connectivity index (χ3v) is 4.44. The normalized spacial score (nSPS) is 17.3. The first-order valence-corrected chi connectivity index (χ1v) is 9.46. The molecule has 1 atom stereocenters. The van der Waals surface area contributed by atoms with Gasteiger partial charge in [0.2, 0.25) is 5.91 Å². The smallest absolute Gasteiger partial charge is 0.416 e. The monoisotopic (exact) mass is 361 g/mol. The molecule has 0 radical (unpaired) electrons. The molecule has 0 unspecified atom stereocenters. The third-order valence-electron chi connectivity index (χ3n) is 4.44. The summed E-state index contributed by atoms with van der Waals surface area (Å²) in [6.07, 6.45) is 5.22. The maximum atomic E-state index is 12.6. The number of likely N-dealkylation sites (tertiary alicyclic amines) is 1. The fourth-order valence-electron chi connectivity index (χ4n) is 3.18. The minimum absolute atomic E-state index is 0.0830. The van der Waals surface area contributed by atoms with Crippen LogP contribution in [0.4, 0.5) is 10.6 Å². The molecule has 2 amide bonds. The molecule has 6 heteroatoms. The van der Waals surface area contributed by atoms with Gasteiger partial charge >= 0.3 is 6.09 Å². The van der Waals surface area contributed by atoms with E-state index in [9.17, 15) is 9.59 Å². The third kappa shape index (κ3) is 5.19. The van der Waals surface area contributed by atoms with Crippen LogP contribution in [0.5, 0.6) is 0 Å². The lowest BCUT2D eigenvalue weighted by Gasteiger charge is -2.27. The van der Waals surface area contributed by atoms with Crippen LogP contribution in [0.1, 0.15) is 71.9 Å². The van der Waals surface area contributed by atoms with Crippen LogP contribution in [-0.4, -0.2) is 40.6 Å². The quantitative estimate of drug-likeness (QED) is 0.784. The number of hydrogen-bond donors (Lipinski definition) is 0. The number of hydrogen-bond acceptors (Lipinski definition) is 4. The SMILES string of the molecule is CCCCN(C(=O)OC(C)(C)C)c1ccc([C@H]2CCCN2C(C)=O)cn1. The minimum atomic E-state index is -0.548. The number of nitrogens with zero attached hydrogens (tertiary/aromatic N) is 3. The molecule has 1 saturated heterocycles. The highest BCUT2D eigenvalue weighted by Crippen LogP contribution is 2.32. The molecule has 0 N–H and O–H groups in total. The van der Waals surface area contributed by atoms with E-state index < -0.39 is 5.60 Å². The van der Waals surface area contributed by atoms with Crippen molar-refractivity contribution < 1.29 is 14.3 Å². The Labute approximate surface area is 156 Å². The Hall–Kier alpha value is -2.11. The van der Waals surface area contributed by atoms with E-state index in [0.717, 1.165) is 37.8 Å². The van der Waals surface area contributed by atoms with Crippen LogP contribution in [0.2, 0.25) is 0 Å². The second kappa shape index (κ2) is 8.52. The molecule has 0 aromatic carbocycles. The Balaban J connectivity index is 2.18. The van der Waals surface area contributed by atoms with Crippen LogP contribution in [0.15, 0.2) is 18.3 Å². The number of carbonyl (C=O) groups excluding carboxylic acids is 2. The zero-order valence-corrected chi connectivity index (χ0v) is 16.6. The molecular weight excluding hydrogens is 330 g/mol. The van der Waals surface area contributed by atoms with Crippen molar-refractivity contribution in [2.45, 2.75) is 71.9 Å². The van der Waals surface area contributed by atoms with Gasteiger partial charge < -0.3 is 9.64 Å². The Kier molecular flexibility index (Phi) is 6.62. The standard InChI is InChI=1S/C20H31N3O3/c1-6-7-12-23(19(25)26-20(3,4)5)18-11-10-16(14-21-18)17-9-8-13-22(17)15(2)24/h10-11,14,17H,6-9,12-13H2,1-5H3/t17-/m1/s1. The van der Waals surface area contributed by atoms with Crippen molar-refractivity contribution in [1.82, 2.24) is 9.88 Å². The molecule has 144 valence electrons. The summed E-state index contributed by atoms with van der Waals surface area (Å²) in [5, 5.41) is 0. The van der Waals surface area contributed by atoms with E-state index >= 15 is 0 Å². The highest BCUT2D eigenvalue weighted by Gasteiger charge is 2.29. The van der Waals surface area contributed by atoms with Gasteiger partial charge in [0, 0.05) is 26.2 Å². The van der Waals surface area contributed by atoms with Gasteiger partial charge in [-0.3, -0.25) is 9.69 Å². The number of pyridine rings is 1. The first-order chi connectivity index (χ1) is 12.2. The zero-order valence-electron chi connectivity index (χ0n) is 16.6. The molecule has 0 aliphatic carbocycles. The molecule has 0 spiro atoms. The lowest BCUT2D eigenvalue weighted by Crippen LogP contribution is -2.38. The van der Waals surface area contributed by atoms with Crippen LogP contribution in [0.3, 0.4) is 0 Å². The van der Waals surface area contributed by atoms with Crippen LogP contribution >= 0.6 is 0 Å². The van der Waals surface area contributed by atoms with Crippen molar-refractivity contribution in [2.24, 2.45) is 0 Å². The van der Waals surface area contributed by atoms with Crippen molar-refractivity contribution in [3.05, 3.63) is 23.9 Å². The van der Waals surface area contributed by atoms with Crippen LogP contribution in [0.25, 0.3) is 0 Å². The summed E-state index contributed by atoms with van der Waals surface area (Å²) in [6, 6.07) is 3.91. The molecule has 0 bridgehead atoms. The second-order valence-corrected chi connectivity index (χ2v) is 7.81. The zero-order chi connectivity index (χ0) is 19.3. The number of anilines is 1. The van der Waals surface area contributed by atoms with Crippen molar-refractivity contribution in [1.29, 1.82) is 0 Å². The Morgan fingerprint density at radius 2 is 2.08 bits per heavy atom. The number of aromatic nitrogens is 1. The molecule has 1 aliphatic rings. The maximum absolute atomic E-state index is 12.6. The van der Waals surface area contributed by atoms with Gasteiger partial charge in [0.1, 0.15) is 11.4 Å². The number of amides is 2. The van der Waals surface area contributed by atoms with Gasteiger partial charge in [-0.1, -0.05) is 19.4 Å². The first-order valence-electron chi connectivity index (χ1n) is 9.46. The summed E-state index contributed by atoms with van der Waals surface area (Å²) in [5.74, 6) is 0.679. The van der Waals surface area contributed by atoms with Gasteiger partial charge in [-0.2, -0.15) is 0 Å². The summed E-state index contributed by atoms with van der Waals surface area (Å²) in [7, 11) is 0. The van der Waals surface area contributed by atoms with E-state index in [-0.39, 0.29) is 18.0 Å². The predicted octanol–water partition coefficient (Wildman–Crippen LogP) is 4.31. The molecule has 1 fully saturated rings. The van der Waals surface area contributed by atoms with Gasteiger partial charge in [0.05, 0.1) is 6.04 Å². The fraction of sp³-hybridized carbons (Fsp3) is 0.650. The van der Waals surface area contributed by atoms with Crippen LogP contribution in [0, 0.1) is 0 Å². The summed E-state index contributed by atoms with van der Waals surface area (Å²) in [5.41, 5.74) is 0.467. The fourth-order valence-corrected chi connectivity index (χ4v) is 3.18. The Morgan fingerprint density at radius 1 is 1.35 bits per heavy atom. The van der Waals surface area contributed by atoms with E-state index in [2.05, 4.69) is 11.9 Å². The van der Waals surface area contributed by atoms with E-state index in [1.54, 1.807) is 18.0 Å². The lowest BCUT2D eigenvalue weighted by atomic mass is 10.1. The topological polar surface area (TPSA) is 62.7 Å². The minimum Gasteiger partial charge on any atom is -0.443 e. The average molecular weight is 361 g/mol. The molecule has 0 saturated carbocycles. The molecule has 2 rings (SSSR count). The van der Waals surface area contributed by atoms with E-state index in [0.29, 0.717) is 12.4 Å². The average Bonchev–Trinajstić information content (AvgIpc) is 3.04. The van der Waals surface area contributed by atoms with Gasteiger partial charge in [-0.05, 0) is 51.7 Å². The summed E-state index contributed by atoms with van der Waals surface area (Å²) >= 11 is 0. The summed E-state index contributed by atoms with van der Waals surface area (Å²) < 4.78 is 5.52. The van der Waals surface area contributed by atoms with E-state index in [4.69, 9.17) is 4.74 Å². The highest BCUT2D eigenvalue weighted by molar-refractivity contribution is 5.86. The van der Waals surface area contributed by atoms with Crippen LogP contribution < -0.4 is 4.90 Å². The van der Waals surface area contributed by atoms with Crippen molar-refractivity contribution >= 4 is 17.8 Å². The van der Waals surface area contributed by atoms with Crippen molar-refractivity contribution in [3.63, 3.8) is 0 Å². The number of ether oxygens (including phenoxy) is 1. The first kappa shape index (κ1) is 20.2. The maximum Gasteiger partial charge on any atom is 0.416 e. The highest BCUT2D eigenvalue weighted by atomic mass is 16.6. The van der Waals surface area contributed by atoms with Gasteiger partial charge in [-0.15, -0.1) is 0 Å². The number of rotatable bonds is 5. The van der Waals surface area contributed by atoms with Crippen molar-refractivity contribution in [3.8, 4) is 0 Å². The number of unbranched alkanes of at least 4 members (excludes halogenated alkanes) is 1. The van der Waals surface area contributed by atoms with Crippen LogP contribution in [-0.2, 0) is 9.53 Å². The summed E-state index contributed by atoms with van der Waals surface area (Å²) in [6.45, 7) is 10.6. The molecule has 2 heterocycles.